The molecule has 21 heavy (non-hydrogen) atoms. The normalized spacial score (nSPS) is 10.2. The van der Waals surface area contributed by atoms with E-state index in [2.05, 4.69) is 11.4 Å². The molecule has 3 nitrogen and oxygen atoms in total. The molecule has 3 heteroatoms. The van der Waals surface area contributed by atoms with Gasteiger partial charge in [-0.05, 0) is 29.3 Å². The van der Waals surface area contributed by atoms with E-state index in [9.17, 15) is 4.79 Å². The van der Waals surface area contributed by atoms with E-state index < -0.39 is 0 Å². The van der Waals surface area contributed by atoms with Crippen LogP contribution in [0.2, 0.25) is 0 Å². The number of carbonyl (C=O) groups excluding carboxylic acids is 1. The molecule has 0 aromatic heterocycles. The fourth-order valence-electron chi connectivity index (χ4n) is 2.37. The largest absolute Gasteiger partial charge is 0.388 e. The van der Waals surface area contributed by atoms with Crippen LogP contribution < -0.4 is 10.2 Å². The lowest BCUT2D eigenvalue weighted by molar-refractivity contribution is -0.117. The Morgan fingerprint density at radius 2 is 1.81 bits per heavy atom. The number of nitrogens with zero attached hydrogens (tertiary/aromatic N) is 1. The highest BCUT2D eigenvalue weighted by molar-refractivity contribution is 5.84. The van der Waals surface area contributed by atoms with Gasteiger partial charge in [0.25, 0.3) is 0 Å². The summed E-state index contributed by atoms with van der Waals surface area (Å²) < 4.78 is 0. The lowest BCUT2D eigenvalue weighted by Crippen LogP contribution is -2.11. The summed E-state index contributed by atoms with van der Waals surface area (Å²) in [4.78, 5) is 14.3. The van der Waals surface area contributed by atoms with Gasteiger partial charge < -0.3 is 10.2 Å². The number of ketones is 1. The van der Waals surface area contributed by atoms with Crippen molar-refractivity contribution in [1.29, 1.82) is 0 Å². The Labute approximate surface area is 126 Å². The Bertz CT molecular complexity index is 620. The van der Waals surface area contributed by atoms with Crippen molar-refractivity contribution in [3.63, 3.8) is 0 Å². The fraction of sp³-hybridized carbons (Fsp3) is 0.278. The van der Waals surface area contributed by atoms with Gasteiger partial charge in [0, 0.05) is 45.4 Å². The molecule has 2 rings (SSSR count). The third-order valence-electron chi connectivity index (χ3n) is 3.50. The molecule has 0 spiro atoms. The third-order valence-corrected chi connectivity index (χ3v) is 3.50. The summed E-state index contributed by atoms with van der Waals surface area (Å²) in [5, 5.41) is 3.13. The second-order valence-corrected chi connectivity index (χ2v) is 5.36. The summed E-state index contributed by atoms with van der Waals surface area (Å²) in [6, 6.07) is 16.1. The summed E-state index contributed by atoms with van der Waals surface area (Å²) in [5.74, 6) is 0.230. The first-order chi connectivity index (χ1) is 10.1. The molecule has 0 fully saturated rings. The maximum absolute atomic E-state index is 12.3. The molecule has 0 atom stereocenters. The highest BCUT2D eigenvalue weighted by Crippen LogP contribution is 2.17. The number of benzene rings is 2. The van der Waals surface area contributed by atoms with Crippen LogP contribution in [0.25, 0.3) is 0 Å². The van der Waals surface area contributed by atoms with Crippen molar-refractivity contribution in [2.75, 3.05) is 31.4 Å². The first kappa shape index (κ1) is 15.1. The van der Waals surface area contributed by atoms with E-state index in [-0.39, 0.29) is 5.78 Å². The Hall–Kier alpha value is -2.29. The lowest BCUT2D eigenvalue weighted by atomic mass is 10.0. The van der Waals surface area contributed by atoms with E-state index in [4.69, 9.17) is 0 Å². The standard InChI is InChI=1S/C18H22N2O/c1-19-18-10-5-4-8-15(18)13-17(21)12-14-7-6-9-16(11-14)20(2)3/h4-11,19H,12-13H2,1-3H3. The molecule has 0 bridgehead atoms. The zero-order valence-corrected chi connectivity index (χ0v) is 12.9. The Balaban J connectivity index is 2.06. The molecule has 0 aliphatic carbocycles. The van der Waals surface area contributed by atoms with Crippen molar-refractivity contribution in [2.24, 2.45) is 0 Å². The van der Waals surface area contributed by atoms with Crippen molar-refractivity contribution in [3.8, 4) is 0 Å². The van der Waals surface area contributed by atoms with Crippen LogP contribution in [0.1, 0.15) is 11.1 Å². The summed E-state index contributed by atoms with van der Waals surface area (Å²) in [7, 11) is 5.89. The van der Waals surface area contributed by atoms with Gasteiger partial charge in [-0.1, -0.05) is 30.3 Å². The monoisotopic (exact) mass is 282 g/mol. The van der Waals surface area contributed by atoms with E-state index in [1.165, 1.54) is 0 Å². The van der Waals surface area contributed by atoms with Gasteiger partial charge in [0.1, 0.15) is 5.78 Å². The van der Waals surface area contributed by atoms with Gasteiger partial charge in [0.2, 0.25) is 0 Å². The first-order valence-corrected chi connectivity index (χ1v) is 7.14. The summed E-state index contributed by atoms with van der Waals surface area (Å²) in [6.45, 7) is 0. The molecule has 110 valence electrons. The van der Waals surface area contributed by atoms with Gasteiger partial charge in [0.05, 0.1) is 0 Å². The topological polar surface area (TPSA) is 32.3 Å². The van der Waals surface area contributed by atoms with Crippen LogP contribution in [-0.2, 0) is 17.6 Å². The van der Waals surface area contributed by atoms with Gasteiger partial charge in [-0.25, -0.2) is 0 Å². The fourth-order valence-corrected chi connectivity index (χ4v) is 2.37. The number of nitrogens with one attached hydrogen (secondary N) is 1. The average Bonchev–Trinajstić information content (AvgIpc) is 2.48. The summed E-state index contributed by atoms with van der Waals surface area (Å²) in [6.07, 6.45) is 0.933. The van der Waals surface area contributed by atoms with Crippen LogP contribution >= 0.6 is 0 Å². The zero-order valence-electron chi connectivity index (χ0n) is 12.9. The average molecular weight is 282 g/mol. The molecule has 0 amide bonds. The minimum absolute atomic E-state index is 0.230. The van der Waals surface area contributed by atoms with E-state index in [0.29, 0.717) is 12.8 Å². The maximum Gasteiger partial charge on any atom is 0.141 e. The number of anilines is 2. The Kier molecular flexibility index (Phi) is 4.99. The lowest BCUT2D eigenvalue weighted by Gasteiger charge is -2.13. The van der Waals surface area contributed by atoms with Crippen LogP contribution in [0.4, 0.5) is 11.4 Å². The molecule has 0 unspecified atom stereocenters. The van der Waals surface area contributed by atoms with E-state index in [0.717, 1.165) is 22.5 Å². The van der Waals surface area contributed by atoms with Crippen LogP contribution in [0, 0.1) is 0 Å². The van der Waals surface area contributed by atoms with Crippen LogP contribution in [0.15, 0.2) is 48.5 Å². The summed E-state index contributed by atoms with van der Waals surface area (Å²) >= 11 is 0. The van der Waals surface area contributed by atoms with Crippen molar-refractivity contribution >= 4 is 17.2 Å². The first-order valence-electron chi connectivity index (χ1n) is 7.14. The second kappa shape index (κ2) is 6.93. The van der Waals surface area contributed by atoms with E-state index in [1.807, 2.05) is 68.5 Å². The molecular weight excluding hydrogens is 260 g/mol. The van der Waals surface area contributed by atoms with Gasteiger partial charge in [-0.3, -0.25) is 4.79 Å². The molecule has 2 aromatic carbocycles. The van der Waals surface area contributed by atoms with E-state index >= 15 is 0 Å². The second-order valence-electron chi connectivity index (χ2n) is 5.36. The van der Waals surface area contributed by atoms with Crippen LogP contribution in [-0.4, -0.2) is 26.9 Å². The number of Topliss-reactive ketones (excluding diaryl/α,β-unsaturated/α-hetero) is 1. The molecule has 1 N–H and O–H groups in total. The number of para-hydroxylation sites is 1. The van der Waals surface area contributed by atoms with Crippen molar-refractivity contribution < 1.29 is 4.79 Å². The SMILES string of the molecule is CNc1ccccc1CC(=O)Cc1cccc(N(C)C)c1. The zero-order chi connectivity index (χ0) is 15.2. The number of hydrogen-bond acceptors (Lipinski definition) is 3. The van der Waals surface area contributed by atoms with Gasteiger partial charge in [0.15, 0.2) is 0 Å². The van der Waals surface area contributed by atoms with Crippen molar-refractivity contribution in [3.05, 3.63) is 59.7 Å². The minimum Gasteiger partial charge on any atom is -0.388 e. The van der Waals surface area contributed by atoms with Crippen LogP contribution in [0.5, 0.6) is 0 Å². The molecule has 2 aromatic rings. The number of rotatable bonds is 6. The van der Waals surface area contributed by atoms with Gasteiger partial charge >= 0.3 is 0 Å². The minimum atomic E-state index is 0.230. The van der Waals surface area contributed by atoms with Gasteiger partial charge in [-0.2, -0.15) is 0 Å². The third kappa shape index (κ3) is 4.09. The predicted molar refractivity (Wildman–Crippen MR) is 89.2 cm³/mol. The van der Waals surface area contributed by atoms with Crippen LogP contribution in [0.3, 0.4) is 0 Å². The molecular formula is C18H22N2O. The maximum atomic E-state index is 12.3. The molecule has 0 saturated carbocycles. The molecule has 0 aliphatic rings. The molecule has 0 radical (unpaired) electrons. The Morgan fingerprint density at radius 1 is 1.05 bits per heavy atom. The molecule has 0 saturated heterocycles. The highest BCUT2D eigenvalue weighted by atomic mass is 16.1. The van der Waals surface area contributed by atoms with E-state index in [1.54, 1.807) is 0 Å². The number of carbonyl (C=O) groups is 1. The predicted octanol–water partition coefficient (Wildman–Crippen LogP) is 3.15. The Morgan fingerprint density at radius 3 is 2.52 bits per heavy atom. The smallest absolute Gasteiger partial charge is 0.141 e. The molecule has 0 aliphatic heterocycles. The van der Waals surface area contributed by atoms with Crippen molar-refractivity contribution in [1.82, 2.24) is 0 Å². The number of hydrogen-bond donors (Lipinski definition) is 1. The van der Waals surface area contributed by atoms with Crippen molar-refractivity contribution in [2.45, 2.75) is 12.8 Å². The quantitative estimate of drug-likeness (QED) is 0.883. The summed E-state index contributed by atoms with van der Waals surface area (Å²) in [5.41, 5.74) is 4.26. The molecule has 0 heterocycles. The highest BCUT2D eigenvalue weighted by Gasteiger charge is 2.09. The van der Waals surface area contributed by atoms with Gasteiger partial charge in [-0.15, -0.1) is 0 Å².